The summed E-state index contributed by atoms with van der Waals surface area (Å²) >= 11 is 0. The van der Waals surface area contributed by atoms with Gasteiger partial charge in [-0.15, -0.1) is 0 Å². The van der Waals surface area contributed by atoms with Crippen molar-refractivity contribution < 1.29 is 0 Å². The SMILES string of the molecule is CC(C)c1nc(N(C)C)ncc1C(=N)N. The lowest BCUT2D eigenvalue weighted by Gasteiger charge is -2.15. The van der Waals surface area contributed by atoms with Crippen LogP contribution < -0.4 is 10.6 Å². The van der Waals surface area contributed by atoms with E-state index in [0.29, 0.717) is 11.5 Å². The molecule has 1 aromatic rings. The van der Waals surface area contributed by atoms with E-state index in [1.54, 1.807) is 6.20 Å². The number of hydrogen-bond donors (Lipinski definition) is 2. The Hall–Kier alpha value is -1.65. The van der Waals surface area contributed by atoms with Crippen LogP contribution in [-0.2, 0) is 0 Å². The number of nitrogens with zero attached hydrogens (tertiary/aromatic N) is 3. The van der Waals surface area contributed by atoms with Crippen LogP contribution in [-0.4, -0.2) is 29.9 Å². The van der Waals surface area contributed by atoms with Crippen LogP contribution in [0, 0.1) is 5.41 Å². The second kappa shape index (κ2) is 4.25. The number of aromatic nitrogens is 2. The first-order valence-electron chi connectivity index (χ1n) is 4.82. The third-order valence-corrected chi connectivity index (χ3v) is 2.04. The van der Waals surface area contributed by atoms with Crippen molar-refractivity contribution in [1.29, 1.82) is 5.41 Å². The maximum Gasteiger partial charge on any atom is 0.225 e. The molecule has 0 amide bonds. The molecule has 0 aliphatic carbocycles. The number of rotatable bonds is 3. The highest BCUT2D eigenvalue weighted by Gasteiger charge is 2.13. The highest BCUT2D eigenvalue weighted by atomic mass is 15.2. The Morgan fingerprint density at radius 1 is 1.47 bits per heavy atom. The molecule has 0 fully saturated rings. The van der Waals surface area contributed by atoms with Gasteiger partial charge in [-0.25, -0.2) is 9.97 Å². The second-order valence-corrected chi connectivity index (χ2v) is 3.93. The third-order valence-electron chi connectivity index (χ3n) is 2.04. The maximum atomic E-state index is 7.43. The molecule has 0 aromatic carbocycles. The smallest absolute Gasteiger partial charge is 0.225 e. The summed E-state index contributed by atoms with van der Waals surface area (Å²) in [5.74, 6) is 0.887. The van der Waals surface area contributed by atoms with E-state index < -0.39 is 0 Å². The van der Waals surface area contributed by atoms with Gasteiger partial charge in [0.2, 0.25) is 5.95 Å². The summed E-state index contributed by atoms with van der Waals surface area (Å²) in [7, 11) is 3.76. The molecule has 0 aliphatic rings. The van der Waals surface area contributed by atoms with Crippen LogP contribution >= 0.6 is 0 Å². The van der Waals surface area contributed by atoms with Crippen molar-refractivity contribution in [3.8, 4) is 0 Å². The average Bonchev–Trinajstić information content (AvgIpc) is 2.16. The molecule has 0 saturated carbocycles. The van der Waals surface area contributed by atoms with Crippen molar-refractivity contribution in [1.82, 2.24) is 9.97 Å². The predicted molar refractivity (Wildman–Crippen MR) is 61.5 cm³/mol. The predicted octanol–water partition coefficient (Wildman–Crippen LogP) is 0.950. The molecule has 0 spiro atoms. The molecule has 82 valence electrons. The zero-order valence-corrected chi connectivity index (χ0v) is 9.57. The number of anilines is 1. The molecule has 1 heterocycles. The Balaban J connectivity index is 3.27. The monoisotopic (exact) mass is 207 g/mol. The van der Waals surface area contributed by atoms with Crippen molar-refractivity contribution in [2.45, 2.75) is 19.8 Å². The van der Waals surface area contributed by atoms with Crippen LogP contribution in [0.25, 0.3) is 0 Å². The Morgan fingerprint density at radius 2 is 2.07 bits per heavy atom. The summed E-state index contributed by atoms with van der Waals surface area (Å²) in [6.07, 6.45) is 1.61. The number of nitrogen functional groups attached to an aromatic ring is 1. The van der Waals surface area contributed by atoms with E-state index in [0.717, 1.165) is 5.69 Å². The Bertz CT molecular complexity index is 370. The minimum Gasteiger partial charge on any atom is -0.384 e. The van der Waals surface area contributed by atoms with Crippen LogP contribution in [0.1, 0.15) is 31.0 Å². The summed E-state index contributed by atoms with van der Waals surface area (Å²) in [5.41, 5.74) is 6.91. The molecular weight excluding hydrogens is 190 g/mol. The first-order chi connectivity index (χ1) is 6.93. The van der Waals surface area contributed by atoms with Crippen molar-refractivity contribution in [3.05, 3.63) is 17.5 Å². The molecule has 0 radical (unpaired) electrons. The molecule has 1 aromatic heterocycles. The fourth-order valence-corrected chi connectivity index (χ4v) is 1.25. The summed E-state index contributed by atoms with van der Waals surface area (Å²) in [6.45, 7) is 4.04. The third kappa shape index (κ3) is 2.43. The molecule has 0 unspecified atom stereocenters. The quantitative estimate of drug-likeness (QED) is 0.571. The molecule has 15 heavy (non-hydrogen) atoms. The van der Waals surface area contributed by atoms with Crippen molar-refractivity contribution in [2.75, 3.05) is 19.0 Å². The largest absolute Gasteiger partial charge is 0.384 e. The van der Waals surface area contributed by atoms with Crippen LogP contribution in [0.3, 0.4) is 0 Å². The average molecular weight is 207 g/mol. The van der Waals surface area contributed by atoms with Gasteiger partial charge in [0.05, 0.1) is 11.3 Å². The molecule has 1 rings (SSSR count). The Kier molecular flexibility index (Phi) is 3.24. The van der Waals surface area contributed by atoms with Crippen molar-refractivity contribution >= 4 is 11.8 Å². The van der Waals surface area contributed by atoms with Crippen LogP contribution in [0.4, 0.5) is 5.95 Å². The topological polar surface area (TPSA) is 78.9 Å². The summed E-state index contributed by atoms with van der Waals surface area (Å²) in [5, 5.41) is 7.43. The molecule has 5 nitrogen and oxygen atoms in total. The molecule has 0 saturated heterocycles. The first-order valence-corrected chi connectivity index (χ1v) is 4.82. The normalized spacial score (nSPS) is 10.5. The van der Waals surface area contributed by atoms with Crippen LogP contribution in [0.5, 0.6) is 0 Å². The highest BCUT2D eigenvalue weighted by molar-refractivity contribution is 5.95. The number of amidine groups is 1. The lowest BCUT2D eigenvalue weighted by atomic mass is 10.0. The first kappa shape index (κ1) is 11.4. The molecule has 0 bridgehead atoms. The zero-order valence-electron chi connectivity index (χ0n) is 9.57. The van der Waals surface area contributed by atoms with Gasteiger partial charge in [0.1, 0.15) is 5.84 Å². The minimum atomic E-state index is 0.0176. The number of nitrogens with one attached hydrogen (secondary N) is 1. The van der Waals surface area contributed by atoms with Gasteiger partial charge >= 0.3 is 0 Å². The standard InChI is InChI=1S/C10H17N5/c1-6(2)8-7(9(11)12)5-13-10(14-8)15(3)4/h5-6H,1-4H3,(H3,11,12). The molecule has 5 heteroatoms. The summed E-state index contributed by atoms with van der Waals surface area (Å²) < 4.78 is 0. The number of hydrogen-bond acceptors (Lipinski definition) is 4. The summed E-state index contributed by atoms with van der Waals surface area (Å²) in [6, 6.07) is 0. The van der Waals surface area contributed by atoms with Gasteiger partial charge in [-0.1, -0.05) is 13.8 Å². The van der Waals surface area contributed by atoms with Gasteiger partial charge in [-0.05, 0) is 5.92 Å². The van der Waals surface area contributed by atoms with Gasteiger partial charge < -0.3 is 10.6 Å². The highest BCUT2D eigenvalue weighted by Crippen LogP contribution is 2.18. The maximum absolute atomic E-state index is 7.43. The van der Waals surface area contributed by atoms with E-state index in [1.165, 1.54) is 0 Å². The van der Waals surface area contributed by atoms with Crippen LogP contribution in [0.15, 0.2) is 6.20 Å². The molecule has 3 N–H and O–H groups in total. The molecule has 0 aliphatic heterocycles. The Morgan fingerprint density at radius 3 is 2.47 bits per heavy atom. The second-order valence-electron chi connectivity index (χ2n) is 3.93. The fourth-order valence-electron chi connectivity index (χ4n) is 1.25. The molecular formula is C10H17N5. The van der Waals surface area contributed by atoms with E-state index >= 15 is 0 Å². The van der Waals surface area contributed by atoms with Crippen LogP contribution in [0.2, 0.25) is 0 Å². The van der Waals surface area contributed by atoms with Gasteiger partial charge in [-0.2, -0.15) is 0 Å². The minimum absolute atomic E-state index is 0.0176. The van der Waals surface area contributed by atoms with E-state index in [1.807, 2.05) is 32.8 Å². The van der Waals surface area contributed by atoms with Crippen molar-refractivity contribution in [2.24, 2.45) is 5.73 Å². The lowest BCUT2D eigenvalue weighted by molar-refractivity contribution is 0.802. The van der Waals surface area contributed by atoms with E-state index in [-0.39, 0.29) is 11.8 Å². The summed E-state index contributed by atoms with van der Waals surface area (Å²) in [4.78, 5) is 10.4. The fraction of sp³-hybridized carbons (Fsp3) is 0.500. The van der Waals surface area contributed by atoms with Gasteiger partial charge in [-0.3, -0.25) is 5.41 Å². The molecule has 0 atom stereocenters. The van der Waals surface area contributed by atoms with E-state index in [2.05, 4.69) is 9.97 Å². The van der Waals surface area contributed by atoms with Gasteiger partial charge in [0.25, 0.3) is 0 Å². The van der Waals surface area contributed by atoms with E-state index in [9.17, 15) is 0 Å². The zero-order chi connectivity index (χ0) is 11.6. The lowest BCUT2D eigenvalue weighted by Crippen LogP contribution is -2.20. The van der Waals surface area contributed by atoms with E-state index in [4.69, 9.17) is 11.1 Å². The van der Waals surface area contributed by atoms with Crippen molar-refractivity contribution in [3.63, 3.8) is 0 Å². The number of nitrogens with two attached hydrogens (primary N) is 1. The Labute approximate surface area is 89.8 Å². The van der Waals surface area contributed by atoms with Gasteiger partial charge in [0, 0.05) is 20.3 Å². The van der Waals surface area contributed by atoms with Gasteiger partial charge in [0.15, 0.2) is 0 Å².